The standard InChI is InChI=1S/C13H19N/c1-3-10-7-8-11-5-4-6-13(14-2)12(11)9-10/h7-9,13-14H,3-6H2,1-2H3/t13-/m0/s1. The smallest absolute Gasteiger partial charge is 0.0320 e. The summed E-state index contributed by atoms with van der Waals surface area (Å²) in [4.78, 5) is 0. The summed E-state index contributed by atoms with van der Waals surface area (Å²) >= 11 is 0. The molecule has 0 amide bonds. The van der Waals surface area contributed by atoms with Crippen molar-refractivity contribution in [2.75, 3.05) is 7.05 Å². The van der Waals surface area contributed by atoms with Crippen LogP contribution in [-0.2, 0) is 12.8 Å². The quantitative estimate of drug-likeness (QED) is 0.754. The molecule has 0 aromatic heterocycles. The van der Waals surface area contributed by atoms with Crippen LogP contribution in [0.4, 0.5) is 0 Å². The molecule has 1 aromatic carbocycles. The SMILES string of the molecule is CCc1ccc2c(c1)[C@@H](NC)CCC2. The third kappa shape index (κ3) is 1.69. The Morgan fingerprint density at radius 1 is 1.43 bits per heavy atom. The summed E-state index contributed by atoms with van der Waals surface area (Å²) in [5, 5.41) is 3.41. The van der Waals surface area contributed by atoms with Crippen molar-refractivity contribution in [1.29, 1.82) is 0 Å². The minimum atomic E-state index is 0.588. The number of hydrogen-bond donors (Lipinski definition) is 1. The van der Waals surface area contributed by atoms with Gasteiger partial charge in [0.2, 0.25) is 0 Å². The first-order valence-electron chi connectivity index (χ1n) is 5.64. The minimum Gasteiger partial charge on any atom is -0.313 e. The topological polar surface area (TPSA) is 12.0 Å². The lowest BCUT2D eigenvalue weighted by Crippen LogP contribution is -2.21. The fourth-order valence-corrected chi connectivity index (χ4v) is 2.37. The van der Waals surface area contributed by atoms with Gasteiger partial charge in [-0.05, 0) is 49.4 Å². The van der Waals surface area contributed by atoms with Gasteiger partial charge in [0.05, 0.1) is 0 Å². The number of aryl methyl sites for hydroxylation is 2. The van der Waals surface area contributed by atoms with E-state index in [9.17, 15) is 0 Å². The van der Waals surface area contributed by atoms with Crippen LogP contribution in [-0.4, -0.2) is 7.05 Å². The largest absolute Gasteiger partial charge is 0.313 e. The monoisotopic (exact) mass is 189 g/mol. The van der Waals surface area contributed by atoms with Crippen LogP contribution in [0.25, 0.3) is 0 Å². The second-order valence-electron chi connectivity index (χ2n) is 4.12. The Kier molecular flexibility index (Phi) is 2.87. The first kappa shape index (κ1) is 9.72. The Morgan fingerprint density at radius 3 is 3.00 bits per heavy atom. The molecule has 0 saturated carbocycles. The Hall–Kier alpha value is -0.820. The van der Waals surface area contributed by atoms with Crippen LogP contribution in [0.15, 0.2) is 18.2 Å². The van der Waals surface area contributed by atoms with E-state index < -0.39 is 0 Å². The van der Waals surface area contributed by atoms with Gasteiger partial charge in [-0.3, -0.25) is 0 Å². The van der Waals surface area contributed by atoms with E-state index in [-0.39, 0.29) is 0 Å². The van der Waals surface area contributed by atoms with E-state index in [1.807, 2.05) is 0 Å². The molecule has 0 unspecified atom stereocenters. The fourth-order valence-electron chi connectivity index (χ4n) is 2.37. The molecule has 1 heteroatoms. The van der Waals surface area contributed by atoms with Crippen molar-refractivity contribution in [3.05, 3.63) is 34.9 Å². The first-order valence-corrected chi connectivity index (χ1v) is 5.64. The van der Waals surface area contributed by atoms with Crippen molar-refractivity contribution >= 4 is 0 Å². The van der Waals surface area contributed by atoms with Crippen molar-refractivity contribution in [3.8, 4) is 0 Å². The van der Waals surface area contributed by atoms with Crippen LogP contribution in [0.5, 0.6) is 0 Å². The zero-order valence-corrected chi connectivity index (χ0v) is 9.14. The lowest BCUT2D eigenvalue weighted by atomic mass is 9.86. The van der Waals surface area contributed by atoms with Crippen molar-refractivity contribution in [1.82, 2.24) is 5.32 Å². The third-order valence-electron chi connectivity index (χ3n) is 3.28. The highest BCUT2D eigenvalue weighted by molar-refractivity contribution is 5.36. The van der Waals surface area contributed by atoms with Gasteiger partial charge in [-0.1, -0.05) is 25.1 Å². The fraction of sp³-hybridized carbons (Fsp3) is 0.538. The molecule has 0 saturated heterocycles. The zero-order chi connectivity index (χ0) is 9.97. The van der Waals surface area contributed by atoms with Crippen LogP contribution >= 0.6 is 0 Å². The van der Waals surface area contributed by atoms with E-state index in [0.29, 0.717) is 6.04 Å². The maximum absolute atomic E-state index is 3.41. The first-order chi connectivity index (χ1) is 6.85. The molecule has 0 spiro atoms. The molecule has 2 rings (SSSR count). The van der Waals surface area contributed by atoms with Crippen LogP contribution in [0.1, 0.15) is 42.5 Å². The second-order valence-corrected chi connectivity index (χ2v) is 4.12. The molecule has 0 heterocycles. The van der Waals surface area contributed by atoms with Gasteiger partial charge in [-0.2, -0.15) is 0 Å². The molecular weight excluding hydrogens is 170 g/mol. The lowest BCUT2D eigenvalue weighted by Gasteiger charge is -2.25. The molecule has 14 heavy (non-hydrogen) atoms. The van der Waals surface area contributed by atoms with Gasteiger partial charge in [-0.25, -0.2) is 0 Å². The summed E-state index contributed by atoms with van der Waals surface area (Å²) in [5.41, 5.74) is 4.55. The van der Waals surface area contributed by atoms with Gasteiger partial charge in [0.25, 0.3) is 0 Å². The van der Waals surface area contributed by atoms with E-state index in [0.717, 1.165) is 6.42 Å². The predicted molar refractivity (Wildman–Crippen MR) is 60.6 cm³/mol. The van der Waals surface area contributed by atoms with Gasteiger partial charge in [0, 0.05) is 6.04 Å². The van der Waals surface area contributed by atoms with Crippen LogP contribution in [0.3, 0.4) is 0 Å². The molecular formula is C13H19N. The van der Waals surface area contributed by atoms with Crippen molar-refractivity contribution in [3.63, 3.8) is 0 Å². The molecule has 0 fully saturated rings. The minimum absolute atomic E-state index is 0.588. The number of fused-ring (bicyclic) bond motifs is 1. The summed E-state index contributed by atoms with van der Waals surface area (Å²) in [7, 11) is 2.07. The number of hydrogen-bond acceptors (Lipinski definition) is 1. The molecule has 0 radical (unpaired) electrons. The normalized spacial score (nSPS) is 20.6. The third-order valence-corrected chi connectivity index (χ3v) is 3.28. The Morgan fingerprint density at radius 2 is 2.29 bits per heavy atom. The van der Waals surface area contributed by atoms with E-state index >= 15 is 0 Å². The van der Waals surface area contributed by atoms with Gasteiger partial charge in [0.15, 0.2) is 0 Å². The summed E-state index contributed by atoms with van der Waals surface area (Å²) < 4.78 is 0. The molecule has 1 aromatic rings. The highest BCUT2D eigenvalue weighted by Crippen LogP contribution is 2.30. The highest BCUT2D eigenvalue weighted by atomic mass is 14.9. The summed E-state index contributed by atoms with van der Waals surface area (Å²) in [6.07, 6.45) is 5.02. The molecule has 76 valence electrons. The Labute approximate surface area is 86.5 Å². The average Bonchev–Trinajstić information content (AvgIpc) is 2.27. The molecule has 1 nitrogen and oxygen atoms in total. The van der Waals surface area contributed by atoms with Crippen molar-refractivity contribution in [2.45, 2.75) is 38.6 Å². The number of nitrogens with one attached hydrogen (secondary N) is 1. The average molecular weight is 189 g/mol. The zero-order valence-electron chi connectivity index (χ0n) is 9.14. The Balaban J connectivity index is 2.38. The predicted octanol–water partition coefficient (Wildman–Crippen LogP) is 2.85. The molecule has 1 aliphatic carbocycles. The summed E-state index contributed by atoms with van der Waals surface area (Å²) in [6.45, 7) is 2.22. The van der Waals surface area contributed by atoms with Gasteiger partial charge < -0.3 is 5.32 Å². The lowest BCUT2D eigenvalue weighted by molar-refractivity contribution is 0.496. The number of benzene rings is 1. The highest BCUT2D eigenvalue weighted by Gasteiger charge is 2.18. The van der Waals surface area contributed by atoms with Gasteiger partial charge in [-0.15, -0.1) is 0 Å². The molecule has 1 aliphatic rings. The van der Waals surface area contributed by atoms with Crippen LogP contribution in [0, 0.1) is 0 Å². The second kappa shape index (κ2) is 4.14. The number of rotatable bonds is 2. The van der Waals surface area contributed by atoms with E-state index in [1.54, 1.807) is 5.56 Å². The van der Waals surface area contributed by atoms with E-state index in [2.05, 4.69) is 37.5 Å². The maximum Gasteiger partial charge on any atom is 0.0320 e. The Bertz CT molecular complexity index is 317. The molecule has 0 bridgehead atoms. The summed E-state index contributed by atoms with van der Waals surface area (Å²) in [5.74, 6) is 0. The van der Waals surface area contributed by atoms with Gasteiger partial charge in [0.1, 0.15) is 0 Å². The maximum atomic E-state index is 3.41. The van der Waals surface area contributed by atoms with Crippen LogP contribution in [0.2, 0.25) is 0 Å². The molecule has 1 atom stereocenters. The van der Waals surface area contributed by atoms with Gasteiger partial charge >= 0.3 is 0 Å². The van der Waals surface area contributed by atoms with E-state index in [1.165, 1.54) is 30.4 Å². The van der Waals surface area contributed by atoms with Crippen molar-refractivity contribution in [2.24, 2.45) is 0 Å². The summed E-state index contributed by atoms with van der Waals surface area (Å²) in [6, 6.07) is 7.56. The molecule has 1 N–H and O–H groups in total. The van der Waals surface area contributed by atoms with Crippen molar-refractivity contribution < 1.29 is 0 Å². The van der Waals surface area contributed by atoms with E-state index in [4.69, 9.17) is 0 Å². The molecule has 0 aliphatic heterocycles. The van der Waals surface area contributed by atoms with Crippen LogP contribution < -0.4 is 5.32 Å².